The van der Waals surface area contributed by atoms with Crippen LogP contribution in [0, 0.1) is 0 Å². The minimum absolute atomic E-state index is 0.421. The first-order valence-electron chi connectivity index (χ1n) is 8.25. The molecule has 1 aliphatic rings. The molecule has 0 radical (unpaired) electrons. The normalized spacial score (nSPS) is 22.1. The van der Waals surface area contributed by atoms with Crippen molar-refractivity contribution >= 4 is 11.9 Å². The van der Waals surface area contributed by atoms with Crippen molar-refractivity contribution in [3.8, 4) is 0 Å². The Morgan fingerprint density at radius 3 is 2.62 bits per heavy atom. The smallest absolute Gasteiger partial charge is 0.344 e. The van der Waals surface area contributed by atoms with Crippen molar-refractivity contribution in [3.05, 3.63) is 35.9 Å². The van der Waals surface area contributed by atoms with Crippen LogP contribution >= 0.6 is 0 Å². The minimum atomic E-state index is -1.27. The maximum absolute atomic E-state index is 12.5. The molecule has 0 spiro atoms. The van der Waals surface area contributed by atoms with E-state index in [-0.39, 0.29) is 0 Å². The van der Waals surface area contributed by atoms with Gasteiger partial charge in [0.2, 0.25) is 5.60 Å². The number of hydrogen-bond donors (Lipinski definition) is 0. The highest BCUT2D eigenvalue weighted by molar-refractivity contribution is 5.81. The third kappa shape index (κ3) is 4.13. The monoisotopic (exact) mass is 335 g/mol. The van der Waals surface area contributed by atoms with Crippen molar-refractivity contribution < 1.29 is 23.9 Å². The molecular formula is C18H25NO5. The molecule has 1 aliphatic heterocycles. The zero-order chi connectivity index (χ0) is 17.6. The van der Waals surface area contributed by atoms with Gasteiger partial charge in [-0.05, 0) is 12.0 Å². The summed E-state index contributed by atoms with van der Waals surface area (Å²) in [5.74, 6) is -0.931. The molecule has 0 amide bonds. The molecule has 2 rings (SSSR count). The molecule has 0 aliphatic carbocycles. The Balaban J connectivity index is 2.19. The molecule has 0 unspecified atom stereocenters. The second-order valence-electron chi connectivity index (χ2n) is 5.96. The number of nitrogens with zero attached hydrogens (tertiary/aromatic N) is 1. The van der Waals surface area contributed by atoms with Crippen molar-refractivity contribution in [2.75, 3.05) is 13.7 Å². The predicted octanol–water partition coefficient (Wildman–Crippen LogP) is 2.47. The lowest BCUT2D eigenvalue weighted by molar-refractivity contribution is -0.243. The van der Waals surface area contributed by atoms with Crippen LogP contribution in [0.5, 0.6) is 0 Å². The molecule has 1 aromatic rings. The number of carbonyl (C=O) groups is 2. The first kappa shape index (κ1) is 18.4. The van der Waals surface area contributed by atoms with E-state index in [4.69, 9.17) is 14.3 Å². The fourth-order valence-corrected chi connectivity index (χ4v) is 3.02. The summed E-state index contributed by atoms with van der Waals surface area (Å²) in [6.07, 6.45) is 1.06. The van der Waals surface area contributed by atoms with Gasteiger partial charge < -0.3 is 9.47 Å². The molecule has 0 bridgehead atoms. The Morgan fingerprint density at radius 2 is 2.04 bits per heavy atom. The third-order valence-electron chi connectivity index (χ3n) is 4.14. The molecule has 0 saturated carbocycles. The highest BCUT2D eigenvalue weighted by atomic mass is 16.7. The van der Waals surface area contributed by atoms with E-state index in [9.17, 15) is 9.59 Å². The van der Waals surface area contributed by atoms with Gasteiger partial charge in [-0.25, -0.2) is 4.79 Å². The van der Waals surface area contributed by atoms with Gasteiger partial charge >= 0.3 is 11.9 Å². The maximum atomic E-state index is 12.5. The number of esters is 2. The molecule has 24 heavy (non-hydrogen) atoms. The highest BCUT2D eigenvalue weighted by Crippen LogP contribution is 2.35. The van der Waals surface area contributed by atoms with E-state index >= 15 is 0 Å². The fourth-order valence-electron chi connectivity index (χ4n) is 3.02. The minimum Gasteiger partial charge on any atom is -0.467 e. The van der Waals surface area contributed by atoms with E-state index in [1.54, 1.807) is 5.06 Å². The summed E-state index contributed by atoms with van der Waals surface area (Å²) in [6, 6.07) is 9.86. The molecule has 2 atom stereocenters. The number of hydrogen-bond acceptors (Lipinski definition) is 6. The Hall–Kier alpha value is -1.92. The van der Waals surface area contributed by atoms with Gasteiger partial charge in [0.1, 0.15) is 6.10 Å². The largest absolute Gasteiger partial charge is 0.467 e. The molecular weight excluding hydrogens is 310 g/mol. The number of ether oxygens (including phenoxy) is 2. The van der Waals surface area contributed by atoms with Gasteiger partial charge in [-0.2, -0.15) is 5.06 Å². The maximum Gasteiger partial charge on any atom is 0.344 e. The van der Waals surface area contributed by atoms with Crippen molar-refractivity contribution in [2.24, 2.45) is 0 Å². The van der Waals surface area contributed by atoms with E-state index in [1.807, 2.05) is 37.3 Å². The topological polar surface area (TPSA) is 65.1 Å². The highest BCUT2D eigenvalue weighted by Gasteiger charge is 2.55. The summed E-state index contributed by atoms with van der Waals surface area (Å²) in [6.45, 7) is 4.42. The molecule has 0 aromatic heterocycles. The Labute approximate surface area is 142 Å². The number of hydroxylamine groups is 2. The van der Waals surface area contributed by atoms with Crippen LogP contribution in [0.4, 0.5) is 0 Å². The van der Waals surface area contributed by atoms with Gasteiger partial charge in [0.05, 0.1) is 7.11 Å². The van der Waals surface area contributed by atoms with E-state index in [2.05, 4.69) is 0 Å². The quantitative estimate of drug-likeness (QED) is 0.713. The number of rotatable bonds is 7. The first-order chi connectivity index (χ1) is 11.5. The number of carbonyl (C=O) groups excluding carboxylic acids is 2. The first-order valence-corrected chi connectivity index (χ1v) is 8.25. The second kappa shape index (κ2) is 8.26. The number of methoxy groups -OCH3 is 1. The average Bonchev–Trinajstić information content (AvgIpc) is 2.99. The molecule has 6 nitrogen and oxygen atoms in total. The second-order valence-corrected chi connectivity index (χ2v) is 5.96. The molecule has 1 aromatic carbocycles. The predicted molar refractivity (Wildman–Crippen MR) is 87.8 cm³/mol. The SMILES string of the molecule is CCC[C@H](OC(C)=O)[C@]1(C(=O)OC)CCN(Cc2ccccc2)O1. The van der Waals surface area contributed by atoms with Crippen molar-refractivity contribution in [2.45, 2.75) is 51.4 Å². The Morgan fingerprint density at radius 1 is 1.33 bits per heavy atom. The van der Waals surface area contributed by atoms with Crippen molar-refractivity contribution in [1.82, 2.24) is 5.06 Å². The van der Waals surface area contributed by atoms with Gasteiger partial charge in [-0.15, -0.1) is 0 Å². The van der Waals surface area contributed by atoms with Gasteiger partial charge in [0.25, 0.3) is 0 Å². The molecule has 6 heteroatoms. The zero-order valence-corrected chi connectivity index (χ0v) is 14.5. The van der Waals surface area contributed by atoms with Crippen LogP contribution in [0.3, 0.4) is 0 Å². The summed E-state index contributed by atoms with van der Waals surface area (Å²) >= 11 is 0. The Kier molecular flexibility index (Phi) is 6.34. The lowest BCUT2D eigenvalue weighted by Gasteiger charge is -2.33. The van der Waals surface area contributed by atoms with Crippen LogP contribution in [0.15, 0.2) is 30.3 Å². The van der Waals surface area contributed by atoms with Crippen LogP contribution in [-0.2, 0) is 30.4 Å². The van der Waals surface area contributed by atoms with E-state index < -0.39 is 23.6 Å². The summed E-state index contributed by atoms with van der Waals surface area (Å²) in [5, 5.41) is 1.73. The van der Waals surface area contributed by atoms with E-state index in [0.29, 0.717) is 25.9 Å². The molecule has 1 saturated heterocycles. The summed E-state index contributed by atoms with van der Waals surface area (Å²) < 4.78 is 10.4. The summed E-state index contributed by atoms with van der Waals surface area (Å²) in [4.78, 5) is 29.9. The van der Waals surface area contributed by atoms with Crippen LogP contribution < -0.4 is 0 Å². The molecule has 0 N–H and O–H groups in total. The average molecular weight is 335 g/mol. The van der Waals surface area contributed by atoms with Crippen LogP contribution in [0.25, 0.3) is 0 Å². The van der Waals surface area contributed by atoms with Crippen LogP contribution in [0.1, 0.15) is 38.7 Å². The van der Waals surface area contributed by atoms with Crippen molar-refractivity contribution in [1.29, 1.82) is 0 Å². The van der Waals surface area contributed by atoms with Crippen molar-refractivity contribution in [3.63, 3.8) is 0 Å². The standard InChI is InChI=1S/C18H25NO5/c1-4-8-16(23-14(2)20)18(17(21)22-3)11-12-19(24-18)13-15-9-6-5-7-10-15/h5-7,9-10,16H,4,8,11-13H2,1-3H3/t16-,18-/m0/s1. The third-order valence-corrected chi connectivity index (χ3v) is 4.14. The Bertz CT molecular complexity index is 562. The lowest BCUT2D eigenvalue weighted by Crippen LogP contribution is -2.52. The van der Waals surface area contributed by atoms with Gasteiger partial charge in [-0.3, -0.25) is 9.63 Å². The summed E-state index contributed by atoms with van der Waals surface area (Å²) in [7, 11) is 1.32. The molecule has 132 valence electrons. The fraction of sp³-hybridized carbons (Fsp3) is 0.556. The van der Waals surface area contributed by atoms with Gasteiger partial charge in [0.15, 0.2) is 0 Å². The molecule has 1 fully saturated rings. The van der Waals surface area contributed by atoms with E-state index in [1.165, 1.54) is 14.0 Å². The summed E-state index contributed by atoms with van der Waals surface area (Å²) in [5.41, 5.74) is -0.191. The van der Waals surface area contributed by atoms with Gasteiger partial charge in [0, 0.05) is 26.4 Å². The van der Waals surface area contributed by atoms with Crippen LogP contribution in [0.2, 0.25) is 0 Å². The number of benzene rings is 1. The van der Waals surface area contributed by atoms with Gasteiger partial charge in [-0.1, -0.05) is 43.7 Å². The van der Waals surface area contributed by atoms with E-state index in [0.717, 1.165) is 12.0 Å². The lowest BCUT2D eigenvalue weighted by atomic mass is 9.90. The van der Waals surface area contributed by atoms with Crippen LogP contribution in [-0.4, -0.2) is 42.4 Å². The zero-order valence-electron chi connectivity index (χ0n) is 14.5. The molecule has 1 heterocycles.